The second-order valence-electron chi connectivity index (χ2n) is 2.27. The van der Waals surface area contributed by atoms with Crippen molar-refractivity contribution in [2.75, 3.05) is 0 Å². The van der Waals surface area contributed by atoms with Crippen molar-refractivity contribution in [1.82, 2.24) is 0 Å². The molecule has 1 rings (SSSR count). The summed E-state index contributed by atoms with van der Waals surface area (Å²) in [6, 6.07) is 8.97. The van der Waals surface area contributed by atoms with Crippen molar-refractivity contribution >= 4 is 5.97 Å². The Kier molecular flexibility index (Phi) is 55.6. The zero-order chi connectivity index (χ0) is 11.0. The van der Waals surface area contributed by atoms with Crippen LogP contribution in [-0.4, -0.2) is 16.3 Å². The molecule has 12 heteroatoms. The first-order valence-electron chi connectivity index (χ1n) is 3.59. The zero-order valence-corrected chi connectivity index (χ0v) is 11.4. The average Bonchev–Trinajstić information content (AvgIpc) is 2.03. The molecule has 0 saturated heterocycles. The Morgan fingerprint density at radius 3 is 1.60 bits per heavy atom. The molecule has 0 amide bonds. The summed E-state index contributed by atoms with van der Waals surface area (Å²) in [7, 11) is 0. The van der Waals surface area contributed by atoms with Gasteiger partial charge in [-0.3, -0.25) is 0 Å². The number of aliphatic carboxylic acids is 1. The van der Waals surface area contributed by atoms with Crippen LogP contribution in [0.15, 0.2) is 30.3 Å². The summed E-state index contributed by atoms with van der Waals surface area (Å²) in [5.41, 5.74) is 0.780. The molecule has 20 heavy (non-hydrogen) atoms. The van der Waals surface area contributed by atoms with Gasteiger partial charge in [0.25, 0.3) is 5.09 Å². The first-order valence-corrected chi connectivity index (χ1v) is 3.59. The number of rotatable bonds is 2. The van der Waals surface area contributed by atoms with Crippen LogP contribution in [-0.2, 0) is 28.0 Å². The molecule has 1 aromatic rings. The predicted molar refractivity (Wildman–Crippen MR) is 70.4 cm³/mol. The molecule has 0 heterocycles. The van der Waals surface area contributed by atoms with Crippen molar-refractivity contribution in [1.29, 1.82) is 0 Å². The van der Waals surface area contributed by atoms with Crippen LogP contribution in [0, 0.1) is 10.1 Å². The van der Waals surface area contributed by atoms with Gasteiger partial charge in [0.2, 0.25) is 0 Å². The van der Waals surface area contributed by atoms with Crippen molar-refractivity contribution in [2.45, 2.75) is 6.42 Å². The van der Waals surface area contributed by atoms with Crippen molar-refractivity contribution in [3.8, 4) is 0 Å². The Hall–Kier alpha value is -1.80. The average molecular weight is 337 g/mol. The fourth-order valence-corrected chi connectivity index (χ4v) is 0.763. The molecule has 0 radical (unpaired) electrons. The van der Waals surface area contributed by atoms with Gasteiger partial charge in [0, 0.05) is 12.4 Å². The van der Waals surface area contributed by atoms with Crippen molar-refractivity contribution < 1.29 is 37.0 Å². The summed E-state index contributed by atoms with van der Waals surface area (Å²) in [6.07, 6.45) is 0.000833. The van der Waals surface area contributed by atoms with E-state index in [0.29, 0.717) is 0 Å². The maximum Gasteiger partial charge on any atom is 3.00 e. The smallest absolute Gasteiger partial charge is 0.693 e. The quantitative estimate of drug-likeness (QED) is 0.626. The second kappa shape index (κ2) is 25.9. The third kappa shape index (κ3) is 36.0. The number of hydrogen-bond donors (Lipinski definition) is 1. The first kappa shape index (κ1) is 42.9. The van der Waals surface area contributed by atoms with Gasteiger partial charge in [-0.2, -0.15) is 0 Å². The summed E-state index contributed by atoms with van der Waals surface area (Å²) in [4.78, 5) is 18.4. The van der Waals surface area contributed by atoms with E-state index in [1.54, 1.807) is 24.3 Å². The fourth-order valence-electron chi connectivity index (χ4n) is 0.763. The fraction of sp³-hybridized carbons (Fsp3) is 0.125. The summed E-state index contributed by atoms with van der Waals surface area (Å²) >= 11 is 0. The van der Waals surface area contributed by atoms with Crippen LogP contribution in [0.1, 0.15) is 5.56 Å². The third-order valence-corrected chi connectivity index (χ3v) is 1.19. The molecule has 0 aliphatic carbocycles. The molecular weight excluding hydrogens is 319 g/mol. The minimum Gasteiger partial charge on any atom is -0.693 e. The minimum absolute atomic E-state index is 0. The summed E-state index contributed by atoms with van der Waals surface area (Å²) < 4.78 is 0. The van der Waals surface area contributed by atoms with Gasteiger partial charge in [-0.25, -0.2) is 0 Å². The van der Waals surface area contributed by atoms with Gasteiger partial charge in [0.15, 0.2) is 0 Å². The van der Waals surface area contributed by atoms with Gasteiger partial charge in [-0.15, -0.1) is 10.1 Å². The van der Waals surface area contributed by atoms with E-state index in [-0.39, 0.29) is 54.0 Å². The monoisotopic (exact) mass is 337 g/mol. The van der Waals surface area contributed by atoms with Crippen LogP contribution in [0.2, 0.25) is 0 Å². The first-order chi connectivity index (χ1) is 6.52. The number of nitrogens with zero attached hydrogens (tertiary/aromatic N) is 1. The van der Waals surface area contributed by atoms with E-state index in [9.17, 15) is 9.90 Å². The topological polar surface area (TPSA) is 271 Å². The van der Waals surface area contributed by atoms with Crippen molar-refractivity contribution in [2.24, 2.45) is 0 Å². The number of carboxylic acids is 1. The van der Waals surface area contributed by atoms with Crippen molar-refractivity contribution in [3.05, 3.63) is 76.8 Å². The molecule has 0 bridgehead atoms. The van der Waals surface area contributed by atoms with Crippen LogP contribution < -0.4 is 5.11 Å². The molecule has 0 spiro atoms. The van der Waals surface area contributed by atoms with Gasteiger partial charge < -0.3 is 45.9 Å². The van der Waals surface area contributed by atoms with Gasteiger partial charge >= 0.3 is 16.8 Å². The van der Waals surface area contributed by atoms with E-state index in [4.69, 9.17) is 15.3 Å². The summed E-state index contributed by atoms with van der Waals surface area (Å²) in [6.45, 7) is 0. The maximum absolute atomic E-state index is 10.1. The van der Waals surface area contributed by atoms with E-state index in [0.717, 1.165) is 5.56 Å². The number of carbonyl (C=O) groups excluding carboxylic acids is 1. The number of hydrogen-bond acceptors (Lipinski definition) is 4. The van der Waals surface area contributed by atoms with Gasteiger partial charge in [-0.1, -0.05) is 30.3 Å². The Balaban J connectivity index is -0.0000000309. The Bertz CT molecular complexity index is 311. The molecule has 0 aliphatic rings. The number of nitrogens with two attached hydrogens (primary N) is 5. The molecule has 0 atom stereocenters. The van der Waals surface area contributed by atoms with Crippen LogP contribution in [0.3, 0.4) is 0 Å². The molecule has 122 valence electrons. The van der Waals surface area contributed by atoms with E-state index in [2.05, 4.69) is 0 Å². The summed E-state index contributed by atoms with van der Waals surface area (Å²) in [5.74, 6) is -1.04. The van der Waals surface area contributed by atoms with Crippen LogP contribution in [0.5, 0.6) is 0 Å². The van der Waals surface area contributed by atoms with Gasteiger partial charge in [0.1, 0.15) is 0 Å². The SMILES string of the molecule is O=C([O-])Cc1ccccc1.O=[N+]([O-])O.[Co+3].[NH2-].[NH2-].[NH2-].[NH2-].[NH2-]. The number of benzene rings is 1. The van der Waals surface area contributed by atoms with E-state index in [1.807, 2.05) is 6.07 Å². The molecule has 0 fully saturated rings. The Labute approximate surface area is 127 Å². The Morgan fingerprint density at radius 1 is 1.05 bits per heavy atom. The molecule has 1 aromatic carbocycles. The standard InChI is InChI=1S/C8H8O2.Co.HNO3.5H2N/c9-8(10)6-7-4-2-1-3-5-7;;2-1(3)4;;;;;/h1-5H,6H2,(H,9,10);;(H,2,3,4);5*1H2/q;+3;;5*-1/p-1. The molecular formula is C8H18CoN6O5-3. The van der Waals surface area contributed by atoms with E-state index >= 15 is 0 Å². The molecule has 0 unspecified atom stereocenters. The molecule has 0 aromatic heterocycles. The molecule has 0 saturated carbocycles. The minimum atomic E-state index is -1.50. The van der Waals surface area contributed by atoms with Gasteiger partial charge in [0.05, 0.1) is 0 Å². The van der Waals surface area contributed by atoms with Crippen LogP contribution in [0.4, 0.5) is 0 Å². The predicted octanol–water partition coefficient (Wildman–Crippen LogP) is 3.21. The van der Waals surface area contributed by atoms with E-state index < -0.39 is 11.1 Å². The zero-order valence-electron chi connectivity index (χ0n) is 10.3. The molecule has 0 aliphatic heterocycles. The van der Waals surface area contributed by atoms with Crippen LogP contribution in [0.25, 0.3) is 30.8 Å². The molecule has 11 N–H and O–H groups in total. The Morgan fingerprint density at radius 2 is 1.35 bits per heavy atom. The maximum atomic E-state index is 10.1. The second-order valence-corrected chi connectivity index (χ2v) is 2.27. The summed E-state index contributed by atoms with van der Waals surface area (Å²) in [5, 5.41) is 23.7. The van der Waals surface area contributed by atoms with Crippen LogP contribution >= 0.6 is 0 Å². The van der Waals surface area contributed by atoms with E-state index in [1.165, 1.54) is 0 Å². The number of carboxylic acid groups (broad SMARTS) is 1. The largest absolute Gasteiger partial charge is 3.00 e. The van der Waals surface area contributed by atoms with Crippen molar-refractivity contribution in [3.63, 3.8) is 0 Å². The molecule has 11 nitrogen and oxygen atoms in total. The third-order valence-electron chi connectivity index (χ3n) is 1.19. The van der Waals surface area contributed by atoms with Gasteiger partial charge in [-0.05, 0) is 5.56 Å². The number of carbonyl (C=O) groups is 1. The normalized spacial score (nSPS) is 5.80.